The zero-order chi connectivity index (χ0) is 13.5. The maximum absolute atomic E-state index is 13.0. The van der Waals surface area contributed by atoms with E-state index in [1.807, 2.05) is 0 Å². The predicted octanol–water partition coefficient (Wildman–Crippen LogP) is 2.37. The summed E-state index contributed by atoms with van der Waals surface area (Å²) >= 11 is 0. The third-order valence-corrected chi connectivity index (χ3v) is 2.22. The van der Waals surface area contributed by atoms with Gasteiger partial charge in [-0.2, -0.15) is 0 Å². The molecule has 0 aliphatic heterocycles. The summed E-state index contributed by atoms with van der Waals surface area (Å²) in [6.07, 6.45) is 0. The summed E-state index contributed by atoms with van der Waals surface area (Å²) in [7, 11) is 1.44. The minimum Gasteiger partial charge on any atom is -0.494 e. The molecular formula is C13H16FNO3. The van der Waals surface area contributed by atoms with Crippen molar-refractivity contribution in [2.24, 2.45) is 0 Å². The van der Waals surface area contributed by atoms with Crippen molar-refractivity contribution in [1.29, 1.82) is 0 Å². The van der Waals surface area contributed by atoms with Gasteiger partial charge < -0.3 is 14.8 Å². The normalized spacial score (nSPS) is 9.72. The largest absolute Gasteiger partial charge is 0.494 e. The molecule has 1 rings (SSSR count). The molecule has 0 aliphatic carbocycles. The quantitative estimate of drug-likeness (QED) is 0.624. The van der Waals surface area contributed by atoms with Crippen LogP contribution in [0.25, 0.3) is 0 Å². The van der Waals surface area contributed by atoms with Crippen molar-refractivity contribution in [2.45, 2.75) is 6.92 Å². The van der Waals surface area contributed by atoms with E-state index < -0.39 is 5.97 Å². The van der Waals surface area contributed by atoms with Gasteiger partial charge in [0.25, 0.3) is 0 Å². The number of rotatable bonds is 6. The van der Waals surface area contributed by atoms with Gasteiger partial charge in [0.2, 0.25) is 0 Å². The van der Waals surface area contributed by atoms with Crippen LogP contribution in [-0.4, -0.2) is 26.2 Å². The molecule has 0 unspecified atom stereocenters. The molecule has 0 fully saturated rings. The zero-order valence-electron chi connectivity index (χ0n) is 10.5. The number of hydrogen-bond donors (Lipinski definition) is 1. The van der Waals surface area contributed by atoms with Crippen molar-refractivity contribution in [2.75, 3.05) is 25.6 Å². The lowest BCUT2D eigenvalue weighted by Gasteiger charge is -2.12. The predicted molar refractivity (Wildman–Crippen MR) is 67.2 cm³/mol. The number of carbonyl (C=O) groups excluding carboxylic acids is 1. The Hall–Kier alpha value is -2.04. The van der Waals surface area contributed by atoms with E-state index in [0.717, 1.165) is 0 Å². The molecule has 0 aromatic heterocycles. The first kappa shape index (κ1) is 14.0. The third-order valence-electron chi connectivity index (χ3n) is 2.22. The molecular weight excluding hydrogens is 237 g/mol. The van der Waals surface area contributed by atoms with Gasteiger partial charge in [0, 0.05) is 18.2 Å². The summed E-state index contributed by atoms with van der Waals surface area (Å²) in [5.41, 5.74) is 0.882. The van der Waals surface area contributed by atoms with E-state index in [9.17, 15) is 9.18 Å². The highest BCUT2D eigenvalue weighted by Gasteiger charge is 2.09. The Labute approximate surface area is 105 Å². The Morgan fingerprint density at radius 3 is 2.83 bits per heavy atom. The molecule has 0 heterocycles. The summed E-state index contributed by atoms with van der Waals surface area (Å²) in [5.74, 6) is -0.473. The molecule has 0 amide bonds. The maximum atomic E-state index is 13.0. The molecule has 1 N–H and O–H groups in total. The standard InChI is InChI=1S/C13H16FNO3/c1-4-18-13(16)9(2)8-15-11-6-5-10(14)7-12(11)17-3/h5-7,15H,2,4,8H2,1,3H3. The molecule has 0 atom stereocenters. The Kier molecular flexibility index (Phi) is 5.17. The lowest BCUT2D eigenvalue weighted by Crippen LogP contribution is -2.15. The van der Waals surface area contributed by atoms with Crippen molar-refractivity contribution < 1.29 is 18.7 Å². The van der Waals surface area contributed by atoms with Crippen molar-refractivity contribution in [1.82, 2.24) is 0 Å². The highest BCUT2D eigenvalue weighted by atomic mass is 19.1. The number of benzene rings is 1. The van der Waals surface area contributed by atoms with Crippen LogP contribution in [0.1, 0.15) is 6.92 Å². The number of esters is 1. The van der Waals surface area contributed by atoms with E-state index in [1.165, 1.54) is 25.3 Å². The van der Waals surface area contributed by atoms with Gasteiger partial charge in [0.15, 0.2) is 0 Å². The van der Waals surface area contributed by atoms with Crippen molar-refractivity contribution >= 4 is 11.7 Å². The average molecular weight is 253 g/mol. The molecule has 1 aromatic carbocycles. The molecule has 0 aliphatic rings. The van der Waals surface area contributed by atoms with Gasteiger partial charge in [-0.1, -0.05) is 6.58 Å². The van der Waals surface area contributed by atoms with Gasteiger partial charge >= 0.3 is 5.97 Å². The fourth-order valence-electron chi connectivity index (χ4n) is 1.32. The number of carbonyl (C=O) groups is 1. The molecule has 98 valence electrons. The number of ether oxygens (including phenoxy) is 2. The van der Waals surface area contributed by atoms with E-state index in [0.29, 0.717) is 23.6 Å². The molecule has 1 aromatic rings. The fraction of sp³-hybridized carbons (Fsp3) is 0.308. The van der Waals surface area contributed by atoms with Gasteiger partial charge in [0.1, 0.15) is 11.6 Å². The minimum atomic E-state index is -0.453. The van der Waals surface area contributed by atoms with E-state index >= 15 is 0 Å². The topological polar surface area (TPSA) is 47.6 Å². The Bertz CT molecular complexity index is 446. The Morgan fingerprint density at radius 2 is 2.22 bits per heavy atom. The molecule has 0 bridgehead atoms. The van der Waals surface area contributed by atoms with Crippen LogP contribution in [0.5, 0.6) is 5.75 Å². The van der Waals surface area contributed by atoms with Gasteiger partial charge in [0.05, 0.1) is 19.4 Å². The number of nitrogens with one attached hydrogen (secondary N) is 1. The number of halogens is 1. The van der Waals surface area contributed by atoms with Crippen molar-refractivity contribution in [3.63, 3.8) is 0 Å². The van der Waals surface area contributed by atoms with Crippen LogP contribution in [0.3, 0.4) is 0 Å². The lowest BCUT2D eigenvalue weighted by atomic mass is 10.2. The SMILES string of the molecule is C=C(CNc1ccc(F)cc1OC)C(=O)OCC. The molecule has 0 radical (unpaired) electrons. The van der Waals surface area contributed by atoms with Gasteiger partial charge in [-0.25, -0.2) is 9.18 Å². The fourth-order valence-corrected chi connectivity index (χ4v) is 1.32. The third kappa shape index (κ3) is 3.76. The molecule has 0 spiro atoms. The molecule has 4 nitrogen and oxygen atoms in total. The van der Waals surface area contributed by atoms with Gasteiger partial charge in [-0.3, -0.25) is 0 Å². The lowest BCUT2D eigenvalue weighted by molar-refractivity contribution is -0.138. The second-order valence-corrected chi connectivity index (χ2v) is 3.52. The summed E-state index contributed by atoms with van der Waals surface area (Å²) < 4.78 is 22.8. The summed E-state index contributed by atoms with van der Waals surface area (Å²) in [6.45, 7) is 5.85. The van der Waals surface area contributed by atoms with Crippen LogP contribution < -0.4 is 10.1 Å². The number of anilines is 1. The first-order valence-corrected chi connectivity index (χ1v) is 5.50. The number of hydrogen-bond acceptors (Lipinski definition) is 4. The van der Waals surface area contributed by atoms with Crippen LogP contribution in [0, 0.1) is 5.82 Å². The zero-order valence-corrected chi connectivity index (χ0v) is 10.5. The van der Waals surface area contributed by atoms with Crippen LogP contribution in [0.4, 0.5) is 10.1 Å². The van der Waals surface area contributed by atoms with Crippen LogP contribution in [0.15, 0.2) is 30.4 Å². The van der Waals surface area contributed by atoms with Gasteiger partial charge in [-0.05, 0) is 19.1 Å². The summed E-state index contributed by atoms with van der Waals surface area (Å²) in [6, 6.07) is 4.10. The highest BCUT2D eigenvalue weighted by molar-refractivity contribution is 5.88. The number of methoxy groups -OCH3 is 1. The summed E-state index contributed by atoms with van der Waals surface area (Å²) in [5, 5.41) is 2.94. The average Bonchev–Trinajstić information content (AvgIpc) is 2.37. The summed E-state index contributed by atoms with van der Waals surface area (Å²) in [4.78, 5) is 11.3. The smallest absolute Gasteiger partial charge is 0.335 e. The van der Waals surface area contributed by atoms with E-state index in [4.69, 9.17) is 9.47 Å². The Morgan fingerprint density at radius 1 is 1.50 bits per heavy atom. The first-order valence-electron chi connectivity index (χ1n) is 5.50. The maximum Gasteiger partial charge on any atom is 0.335 e. The Balaban J connectivity index is 2.63. The molecule has 18 heavy (non-hydrogen) atoms. The van der Waals surface area contributed by atoms with E-state index in [-0.39, 0.29) is 12.4 Å². The van der Waals surface area contributed by atoms with E-state index in [1.54, 1.807) is 6.92 Å². The first-order chi connectivity index (χ1) is 8.58. The van der Waals surface area contributed by atoms with Crippen LogP contribution in [0.2, 0.25) is 0 Å². The van der Waals surface area contributed by atoms with Crippen molar-refractivity contribution in [3.05, 3.63) is 36.2 Å². The second kappa shape index (κ2) is 6.64. The molecule has 0 saturated carbocycles. The minimum absolute atomic E-state index is 0.209. The van der Waals surface area contributed by atoms with E-state index in [2.05, 4.69) is 11.9 Å². The van der Waals surface area contributed by atoms with Crippen LogP contribution >= 0.6 is 0 Å². The monoisotopic (exact) mass is 253 g/mol. The second-order valence-electron chi connectivity index (χ2n) is 3.52. The highest BCUT2D eigenvalue weighted by Crippen LogP contribution is 2.24. The van der Waals surface area contributed by atoms with Crippen LogP contribution in [-0.2, 0) is 9.53 Å². The van der Waals surface area contributed by atoms with Gasteiger partial charge in [-0.15, -0.1) is 0 Å². The molecule has 0 saturated heterocycles. The molecule has 5 heteroatoms. The van der Waals surface area contributed by atoms with Crippen molar-refractivity contribution in [3.8, 4) is 5.75 Å².